The van der Waals surface area contributed by atoms with Crippen molar-refractivity contribution in [2.75, 3.05) is 20.1 Å². The Kier molecular flexibility index (Phi) is 4.25. The van der Waals surface area contributed by atoms with Crippen molar-refractivity contribution in [3.8, 4) is 11.3 Å². The maximum atomic E-state index is 6.09. The van der Waals surface area contributed by atoms with Gasteiger partial charge in [-0.15, -0.1) is 0 Å². The number of aryl methyl sites for hydroxylation is 1. The molecule has 0 amide bonds. The van der Waals surface area contributed by atoms with Crippen LogP contribution < -0.4 is 0 Å². The number of benzene rings is 1. The van der Waals surface area contributed by atoms with Crippen molar-refractivity contribution in [3.63, 3.8) is 0 Å². The van der Waals surface area contributed by atoms with E-state index in [4.69, 9.17) is 28.2 Å². The highest BCUT2D eigenvalue weighted by molar-refractivity contribution is 6.35. The second kappa shape index (κ2) is 5.99. The predicted molar refractivity (Wildman–Crippen MR) is 88.1 cm³/mol. The third-order valence-corrected chi connectivity index (χ3v) is 4.59. The molecule has 21 heavy (non-hydrogen) atoms. The minimum absolute atomic E-state index is 0.537. The summed E-state index contributed by atoms with van der Waals surface area (Å²) < 4.78 is 2.14. The molecule has 0 bridgehead atoms. The van der Waals surface area contributed by atoms with Crippen LogP contribution in [0.5, 0.6) is 0 Å². The molecule has 0 N–H and O–H groups in total. The SMILES string of the molecule is CN1CCC(c2nc(-c3cc(Cl)cc(Cl)c3)cn2C)CC1. The molecule has 2 aromatic rings. The van der Waals surface area contributed by atoms with Crippen LogP contribution >= 0.6 is 23.2 Å². The summed E-state index contributed by atoms with van der Waals surface area (Å²) in [6, 6.07) is 5.57. The Morgan fingerprint density at radius 3 is 2.29 bits per heavy atom. The number of aromatic nitrogens is 2. The number of piperidine rings is 1. The van der Waals surface area contributed by atoms with E-state index in [9.17, 15) is 0 Å². The molecule has 0 saturated carbocycles. The Hall–Kier alpha value is -1.03. The molecule has 1 fully saturated rings. The van der Waals surface area contributed by atoms with Gasteiger partial charge in [-0.1, -0.05) is 23.2 Å². The van der Waals surface area contributed by atoms with Crippen molar-refractivity contribution >= 4 is 23.2 Å². The van der Waals surface area contributed by atoms with Crippen LogP contribution in [0, 0.1) is 0 Å². The number of halogens is 2. The second-order valence-corrected chi connectivity index (χ2v) is 6.70. The molecule has 3 nitrogen and oxygen atoms in total. The van der Waals surface area contributed by atoms with Crippen molar-refractivity contribution in [3.05, 3.63) is 40.3 Å². The summed E-state index contributed by atoms with van der Waals surface area (Å²) in [6.45, 7) is 2.27. The van der Waals surface area contributed by atoms with Crippen LogP contribution in [0.2, 0.25) is 10.0 Å². The van der Waals surface area contributed by atoms with E-state index in [1.165, 1.54) is 0 Å². The lowest BCUT2D eigenvalue weighted by Crippen LogP contribution is -2.30. The molecular weight excluding hydrogens is 305 g/mol. The lowest BCUT2D eigenvalue weighted by Gasteiger charge is -2.28. The first-order valence-electron chi connectivity index (χ1n) is 7.21. The first-order chi connectivity index (χ1) is 10.0. The van der Waals surface area contributed by atoms with E-state index in [2.05, 4.69) is 29.8 Å². The van der Waals surface area contributed by atoms with Crippen LogP contribution in [0.25, 0.3) is 11.3 Å². The summed E-state index contributed by atoms with van der Waals surface area (Å²) >= 11 is 12.2. The molecule has 1 aliphatic heterocycles. The average molecular weight is 324 g/mol. The van der Waals surface area contributed by atoms with Gasteiger partial charge < -0.3 is 9.47 Å². The zero-order valence-electron chi connectivity index (χ0n) is 12.3. The molecule has 5 heteroatoms. The van der Waals surface area contributed by atoms with E-state index in [1.807, 2.05) is 12.1 Å². The third-order valence-electron chi connectivity index (χ3n) is 4.15. The van der Waals surface area contributed by atoms with Gasteiger partial charge in [0, 0.05) is 34.8 Å². The van der Waals surface area contributed by atoms with E-state index in [1.54, 1.807) is 6.07 Å². The average Bonchev–Trinajstić information content (AvgIpc) is 2.81. The minimum Gasteiger partial charge on any atom is -0.337 e. The Labute approximate surface area is 135 Å². The topological polar surface area (TPSA) is 21.1 Å². The maximum absolute atomic E-state index is 6.09. The van der Waals surface area contributed by atoms with Gasteiger partial charge in [-0.3, -0.25) is 0 Å². The molecule has 0 aliphatic carbocycles. The Morgan fingerprint density at radius 2 is 1.67 bits per heavy atom. The van der Waals surface area contributed by atoms with E-state index >= 15 is 0 Å². The summed E-state index contributed by atoms with van der Waals surface area (Å²) in [7, 11) is 4.24. The van der Waals surface area contributed by atoms with Crippen molar-refractivity contribution in [1.82, 2.24) is 14.5 Å². The monoisotopic (exact) mass is 323 g/mol. The van der Waals surface area contributed by atoms with Gasteiger partial charge in [-0.25, -0.2) is 4.98 Å². The molecule has 1 aromatic heterocycles. The number of hydrogen-bond donors (Lipinski definition) is 0. The van der Waals surface area contributed by atoms with Gasteiger partial charge in [-0.05, 0) is 51.2 Å². The first kappa shape index (κ1) is 14.9. The molecule has 112 valence electrons. The van der Waals surface area contributed by atoms with E-state index in [0.29, 0.717) is 16.0 Å². The second-order valence-electron chi connectivity index (χ2n) is 5.83. The molecule has 0 atom stereocenters. The van der Waals surface area contributed by atoms with Crippen LogP contribution in [-0.4, -0.2) is 34.6 Å². The summed E-state index contributed by atoms with van der Waals surface area (Å²) in [5.74, 6) is 1.70. The van der Waals surface area contributed by atoms with Crippen molar-refractivity contribution in [2.24, 2.45) is 7.05 Å². The van der Waals surface area contributed by atoms with Crippen molar-refractivity contribution in [2.45, 2.75) is 18.8 Å². The fourth-order valence-electron chi connectivity index (χ4n) is 2.97. The van der Waals surface area contributed by atoms with Crippen LogP contribution in [0.1, 0.15) is 24.6 Å². The van der Waals surface area contributed by atoms with Gasteiger partial charge in [0.25, 0.3) is 0 Å². The lowest BCUT2D eigenvalue weighted by molar-refractivity contribution is 0.249. The highest BCUT2D eigenvalue weighted by Gasteiger charge is 2.22. The molecule has 3 rings (SSSR count). The number of likely N-dealkylation sites (tertiary alicyclic amines) is 1. The van der Waals surface area contributed by atoms with E-state index < -0.39 is 0 Å². The van der Waals surface area contributed by atoms with Gasteiger partial charge in [-0.2, -0.15) is 0 Å². The zero-order valence-corrected chi connectivity index (χ0v) is 13.8. The number of imidazole rings is 1. The Morgan fingerprint density at radius 1 is 1.05 bits per heavy atom. The highest BCUT2D eigenvalue weighted by atomic mass is 35.5. The molecule has 0 spiro atoms. The summed E-state index contributed by atoms with van der Waals surface area (Å²) in [5.41, 5.74) is 1.91. The predicted octanol–water partition coefficient (Wildman–Crippen LogP) is 4.20. The number of rotatable bonds is 2. The molecular formula is C16H19Cl2N3. The molecule has 2 heterocycles. The van der Waals surface area contributed by atoms with Gasteiger partial charge >= 0.3 is 0 Å². The van der Waals surface area contributed by atoms with Crippen molar-refractivity contribution < 1.29 is 0 Å². The molecule has 1 aliphatic rings. The normalized spacial score (nSPS) is 17.3. The molecule has 0 unspecified atom stereocenters. The summed E-state index contributed by atoms with van der Waals surface area (Å²) in [5, 5.41) is 1.29. The number of hydrogen-bond acceptors (Lipinski definition) is 2. The van der Waals surface area contributed by atoms with Gasteiger partial charge in [0.05, 0.1) is 5.69 Å². The lowest BCUT2D eigenvalue weighted by atomic mass is 9.96. The van der Waals surface area contributed by atoms with E-state index in [0.717, 1.165) is 43.0 Å². The maximum Gasteiger partial charge on any atom is 0.112 e. The minimum atomic E-state index is 0.537. The van der Waals surface area contributed by atoms with Gasteiger partial charge in [0.15, 0.2) is 0 Å². The fraction of sp³-hybridized carbons (Fsp3) is 0.438. The van der Waals surface area contributed by atoms with Crippen LogP contribution in [0.3, 0.4) is 0 Å². The van der Waals surface area contributed by atoms with Crippen LogP contribution in [-0.2, 0) is 7.05 Å². The van der Waals surface area contributed by atoms with Gasteiger partial charge in [0.1, 0.15) is 5.82 Å². The van der Waals surface area contributed by atoms with Crippen LogP contribution in [0.4, 0.5) is 0 Å². The summed E-state index contributed by atoms with van der Waals surface area (Å²) in [4.78, 5) is 7.21. The smallest absolute Gasteiger partial charge is 0.112 e. The summed E-state index contributed by atoms with van der Waals surface area (Å²) in [6.07, 6.45) is 4.39. The first-order valence-corrected chi connectivity index (χ1v) is 7.97. The van der Waals surface area contributed by atoms with Crippen LogP contribution in [0.15, 0.2) is 24.4 Å². The quantitative estimate of drug-likeness (QED) is 0.825. The largest absolute Gasteiger partial charge is 0.337 e. The third kappa shape index (κ3) is 3.25. The van der Waals surface area contributed by atoms with E-state index in [-0.39, 0.29) is 0 Å². The number of nitrogens with zero attached hydrogens (tertiary/aromatic N) is 3. The molecule has 0 radical (unpaired) electrons. The fourth-order valence-corrected chi connectivity index (χ4v) is 3.49. The van der Waals surface area contributed by atoms with Gasteiger partial charge in [0.2, 0.25) is 0 Å². The Balaban J connectivity index is 1.90. The standard InChI is InChI=1S/C16H19Cl2N3/c1-20-5-3-11(4-6-20)16-19-15(10-21(16)2)12-7-13(17)9-14(18)8-12/h7-11H,3-6H2,1-2H3. The highest BCUT2D eigenvalue weighted by Crippen LogP contribution is 2.31. The van der Waals surface area contributed by atoms with Crippen molar-refractivity contribution in [1.29, 1.82) is 0 Å². The Bertz CT molecular complexity index is 623. The molecule has 1 saturated heterocycles. The zero-order chi connectivity index (χ0) is 15.0. The molecule has 1 aromatic carbocycles.